The molecule has 2 amide bonds. The first-order chi connectivity index (χ1) is 10.1. The fraction of sp³-hybridized carbons (Fsp3) is 0.250. The summed E-state index contributed by atoms with van der Waals surface area (Å²) in [6.07, 6.45) is 3.56. The maximum Gasteiger partial charge on any atom is 0.338 e. The van der Waals surface area contributed by atoms with Crippen molar-refractivity contribution < 1.29 is 14.3 Å². The van der Waals surface area contributed by atoms with E-state index >= 15 is 0 Å². The number of nitrogens with one attached hydrogen (secondary N) is 2. The average molecular weight is 286 g/mol. The number of esters is 1. The van der Waals surface area contributed by atoms with Crippen LogP contribution in [0.25, 0.3) is 6.08 Å². The lowest BCUT2D eigenvalue weighted by Crippen LogP contribution is -2.48. The molecule has 0 fully saturated rings. The van der Waals surface area contributed by atoms with E-state index in [0.29, 0.717) is 17.9 Å². The van der Waals surface area contributed by atoms with Gasteiger partial charge >= 0.3 is 12.0 Å². The highest BCUT2D eigenvalue weighted by molar-refractivity contribution is 5.95. The fourth-order valence-electron chi connectivity index (χ4n) is 2.10. The molecule has 0 unspecified atom stereocenters. The van der Waals surface area contributed by atoms with Gasteiger partial charge in [-0.15, -0.1) is 0 Å². The predicted octanol–water partition coefficient (Wildman–Crippen LogP) is 2.22. The van der Waals surface area contributed by atoms with E-state index in [1.165, 1.54) is 0 Å². The number of benzene rings is 1. The van der Waals surface area contributed by atoms with Crippen LogP contribution >= 0.6 is 0 Å². The Hall–Kier alpha value is -2.56. The molecule has 2 rings (SSSR count). The zero-order valence-corrected chi connectivity index (χ0v) is 12.1. The molecule has 5 nitrogen and oxygen atoms in total. The number of ether oxygens (including phenoxy) is 1. The van der Waals surface area contributed by atoms with Crippen LogP contribution in [0.4, 0.5) is 4.79 Å². The Balaban J connectivity index is 2.33. The van der Waals surface area contributed by atoms with Gasteiger partial charge in [0.25, 0.3) is 0 Å². The summed E-state index contributed by atoms with van der Waals surface area (Å²) < 4.78 is 5.05. The van der Waals surface area contributed by atoms with Gasteiger partial charge in [0.15, 0.2) is 0 Å². The zero-order valence-electron chi connectivity index (χ0n) is 12.1. The highest BCUT2D eigenvalue weighted by atomic mass is 16.5. The van der Waals surface area contributed by atoms with Crippen molar-refractivity contribution in [2.24, 2.45) is 0 Å². The Labute approximate surface area is 123 Å². The molecule has 1 heterocycles. The summed E-state index contributed by atoms with van der Waals surface area (Å²) in [5.74, 6) is -0.426. The summed E-state index contributed by atoms with van der Waals surface area (Å²) in [6.45, 7) is 3.79. The molecule has 0 aliphatic carbocycles. The van der Waals surface area contributed by atoms with E-state index in [1.807, 2.05) is 36.4 Å². The summed E-state index contributed by atoms with van der Waals surface area (Å²) in [5.41, 5.74) is 1.87. The van der Waals surface area contributed by atoms with Crippen LogP contribution < -0.4 is 10.6 Å². The third kappa shape index (κ3) is 3.72. The number of carbonyl (C=O) groups excluding carboxylic acids is 2. The van der Waals surface area contributed by atoms with E-state index in [4.69, 9.17) is 4.74 Å². The molecule has 0 saturated carbocycles. The van der Waals surface area contributed by atoms with Crippen molar-refractivity contribution in [2.45, 2.75) is 19.9 Å². The molecule has 110 valence electrons. The van der Waals surface area contributed by atoms with E-state index in [1.54, 1.807) is 19.9 Å². The smallest absolute Gasteiger partial charge is 0.338 e. The second-order valence-corrected chi connectivity index (χ2v) is 4.61. The van der Waals surface area contributed by atoms with Crippen molar-refractivity contribution in [3.8, 4) is 0 Å². The molecule has 5 heteroatoms. The van der Waals surface area contributed by atoms with Gasteiger partial charge in [-0.05, 0) is 25.5 Å². The van der Waals surface area contributed by atoms with Gasteiger partial charge in [-0.1, -0.05) is 36.4 Å². The third-order valence-corrected chi connectivity index (χ3v) is 3.06. The van der Waals surface area contributed by atoms with Crippen LogP contribution in [-0.2, 0) is 9.53 Å². The average Bonchev–Trinajstić information content (AvgIpc) is 2.45. The van der Waals surface area contributed by atoms with Gasteiger partial charge < -0.3 is 15.4 Å². The molecule has 0 radical (unpaired) electrons. The molecule has 21 heavy (non-hydrogen) atoms. The minimum Gasteiger partial charge on any atom is -0.463 e. The maximum atomic E-state index is 12.0. The molecule has 0 bridgehead atoms. The summed E-state index contributed by atoms with van der Waals surface area (Å²) in [4.78, 5) is 23.6. The van der Waals surface area contributed by atoms with Gasteiger partial charge in [0.1, 0.15) is 0 Å². The second kappa shape index (κ2) is 6.74. The van der Waals surface area contributed by atoms with Crippen LogP contribution in [0.1, 0.15) is 19.4 Å². The Bertz CT molecular complexity index is 591. The number of hydrogen-bond donors (Lipinski definition) is 2. The minimum atomic E-state index is -0.426. The SMILES string of the molecule is CCOC(=O)C1=C(/C=C\c2ccccc2)NC(=O)N[C@@H]1C. The van der Waals surface area contributed by atoms with Gasteiger partial charge in [-0.2, -0.15) is 0 Å². The summed E-state index contributed by atoms with van der Waals surface area (Å²) >= 11 is 0. The van der Waals surface area contributed by atoms with Crippen molar-refractivity contribution >= 4 is 18.1 Å². The summed E-state index contributed by atoms with van der Waals surface area (Å²) in [6, 6.07) is 8.92. The lowest BCUT2D eigenvalue weighted by molar-refractivity contribution is -0.138. The van der Waals surface area contributed by atoms with Crippen molar-refractivity contribution in [1.29, 1.82) is 0 Å². The van der Waals surface area contributed by atoms with Crippen LogP contribution in [0.15, 0.2) is 47.7 Å². The molecule has 1 aliphatic heterocycles. The fourth-order valence-corrected chi connectivity index (χ4v) is 2.10. The molecule has 0 aromatic heterocycles. The molecule has 1 atom stereocenters. The molecular formula is C16H18N2O3. The van der Waals surface area contributed by atoms with E-state index in [0.717, 1.165) is 5.56 Å². The Kier molecular flexibility index (Phi) is 4.77. The molecule has 1 aromatic carbocycles. The van der Waals surface area contributed by atoms with E-state index < -0.39 is 12.0 Å². The predicted molar refractivity (Wildman–Crippen MR) is 80.3 cm³/mol. The van der Waals surface area contributed by atoms with Gasteiger partial charge in [-0.3, -0.25) is 0 Å². The summed E-state index contributed by atoms with van der Waals surface area (Å²) in [7, 11) is 0. The van der Waals surface area contributed by atoms with E-state index in [-0.39, 0.29) is 6.03 Å². The van der Waals surface area contributed by atoms with Crippen molar-refractivity contribution in [3.63, 3.8) is 0 Å². The van der Waals surface area contributed by atoms with Crippen LogP contribution in [0.5, 0.6) is 0 Å². The Morgan fingerprint density at radius 3 is 2.67 bits per heavy atom. The highest BCUT2D eigenvalue weighted by Gasteiger charge is 2.28. The van der Waals surface area contributed by atoms with E-state index in [9.17, 15) is 9.59 Å². The molecular weight excluding hydrogens is 268 g/mol. The standard InChI is InChI=1S/C16H18N2O3/c1-3-21-15(19)14-11(2)17-16(20)18-13(14)10-9-12-7-5-4-6-8-12/h4-11H,3H2,1-2H3,(H2,17,18,20)/b10-9-/t11-/m1/s1. The normalized spacial score (nSPS) is 18.4. The van der Waals surface area contributed by atoms with Crippen LogP contribution in [-0.4, -0.2) is 24.6 Å². The first kappa shape index (κ1) is 14.8. The Morgan fingerprint density at radius 1 is 1.29 bits per heavy atom. The highest BCUT2D eigenvalue weighted by Crippen LogP contribution is 2.16. The van der Waals surface area contributed by atoms with Gasteiger partial charge in [0.2, 0.25) is 0 Å². The second-order valence-electron chi connectivity index (χ2n) is 4.61. The number of amides is 2. The minimum absolute atomic E-state index is 0.290. The molecule has 2 N–H and O–H groups in total. The lowest BCUT2D eigenvalue weighted by Gasteiger charge is -2.25. The topological polar surface area (TPSA) is 67.4 Å². The first-order valence-electron chi connectivity index (χ1n) is 6.83. The molecule has 1 aromatic rings. The molecule has 0 spiro atoms. The van der Waals surface area contributed by atoms with Gasteiger partial charge in [0.05, 0.1) is 23.9 Å². The van der Waals surface area contributed by atoms with Crippen LogP contribution in [0.3, 0.4) is 0 Å². The van der Waals surface area contributed by atoms with E-state index in [2.05, 4.69) is 10.6 Å². The third-order valence-electron chi connectivity index (χ3n) is 3.06. The quantitative estimate of drug-likeness (QED) is 0.834. The van der Waals surface area contributed by atoms with Crippen molar-refractivity contribution in [3.05, 3.63) is 53.2 Å². The number of hydrogen-bond acceptors (Lipinski definition) is 3. The molecule has 1 aliphatic rings. The monoisotopic (exact) mass is 286 g/mol. The van der Waals surface area contributed by atoms with Crippen molar-refractivity contribution in [1.82, 2.24) is 10.6 Å². The van der Waals surface area contributed by atoms with Gasteiger partial charge in [-0.25, -0.2) is 9.59 Å². The first-order valence-corrected chi connectivity index (χ1v) is 6.83. The lowest BCUT2D eigenvalue weighted by atomic mass is 10.0. The molecule has 0 saturated heterocycles. The van der Waals surface area contributed by atoms with Crippen LogP contribution in [0.2, 0.25) is 0 Å². The zero-order chi connectivity index (χ0) is 15.2. The number of allylic oxidation sites excluding steroid dienone is 1. The van der Waals surface area contributed by atoms with Crippen molar-refractivity contribution in [2.75, 3.05) is 6.61 Å². The summed E-state index contributed by atoms with van der Waals surface area (Å²) in [5, 5.41) is 5.30. The number of rotatable bonds is 4. The number of urea groups is 1. The van der Waals surface area contributed by atoms with Gasteiger partial charge in [0, 0.05) is 0 Å². The maximum absolute atomic E-state index is 12.0. The van der Waals surface area contributed by atoms with Crippen LogP contribution in [0, 0.1) is 0 Å². The largest absolute Gasteiger partial charge is 0.463 e. The number of carbonyl (C=O) groups is 2. The Morgan fingerprint density at radius 2 is 2.00 bits per heavy atom.